The van der Waals surface area contributed by atoms with Gasteiger partial charge in [-0.05, 0) is 36.8 Å². The van der Waals surface area contributed by atoms with Gasteiger partial charge in [-0.15, -0.1) is 11.3 Å². The zero-order valence-corrected chi connectivity index (χ0v) is 15.4. The van der Waals surface area contributed by atoms with Gasteiger partial charge in [0, 0.05) is 30.5 Å². The number of rotatable bonds is 4. The van der Waals surface area contributed by atoms with Gasteiger partial charge in [0.25, 0.3) is 5.91 Å². The highest BCUT2D eigenvalue weighted by molar-refractivity contribution is 7.16. The Morgan fingerprint density at radius 3 is 2.71 bits per heavy atom. The number of hydrogen-bond donors (Lipinski definition) is 0. The van der Waals surface area contributed by atoms with Gasteiger partial charge in [-0.2, -0.15) is 0 Å². The van der Waals surface area contributed by atoms with Gasteiger partial charge in [0.05, 0.1) is 21.6 Å². The summed E-state index contributed by atoms with van der Waals surface area (Å²) in [5.74, 6) is -0.0767. The Balaban J connectivity index is 1.80. The molecule has 2 aromatic rings. The van der Waals surface area contributed by atoms with E-state index in [-0.39, 0.29) is 11.8 Å². The SMILES string of the molecule is CN(Cc1ccc(Cl)s1)C(=O)c1ccc(Cl)c(N2CCCC2=O)c1. The molecule has 7 heteroatoms. The lowest BCUT2D eigenvalue weighted by atomic mass is 10.1. The molecule has 2 heterocycles. The van der Waals surface area contributed by atoms with Gasteiger partial charge in [0.15, 0.2) is 0 Å². The van der Waals surface area contributed by atoms with E-state index in [0.29, 0.717) is 40.1 Å². The van der Waals surface area contributed by atoms with Crippen LogP contribution in [0.5, 0.6) is 0 Å². The molecule has 126 valence electrons. The molecule has 3 rings (SSSR count). The quantitative estimate of drug-likeness (QED) is 0.783. The minimum Gasteiger partial charge on any atom is -0.337 e. The summed E-state index contributed by atoms with van der Waals surface area (Å²) in [7, 11) is 1.74. The molecule has 0 radical (unpaired) electrons. The van der Waals surface area contributed by atoms with E-state index in [1.165, 1.54) is 11.3 Å². The van der Waals surface area contributed by atoms with Gasteiger partial charge in [-0.3, -0.25) is 9.59 Å². The van der Waals surface area contributed by atoms with E-state index in [1.807, 2.05) is 12.1 Å². The molecule has 0 bridgehead atoms. The van der Waals surface area contributed by atoms with Crippen LogP contribution in [0, 0.1) is 0 Å². The van der Waals surface area contributed by atoms with Crippen LogP contribution in [-0.2, 0) is 11.3 Å². The average Bonchev–Trinajstić information content (AvgIpc) is 3.15. The van der Waals surface area contributed by atoms with E-state index >= 15 is 0 Å². The van der Waals surface area contributed by atoms with Crippen LogP contribution in [0.1, 0.15) is 28.1 Å². The van der Waals surface area contributed by atoms with E-state index in [0.717, 1.165) is 11.3 Å². The van der Waals surface area contributed by atoms with Gasteiger partial charge in [-0.25, -0.2) is 0 Å². The lowest BCUT2D eigenvalue weighted by Gasteiger charge is -2.20. The fourth-order valence-corrected chi connectivity index (χ4v) is 4.08. The lowest BCUT2D eigenvalue weighted by Crippen LogP contribution is -2.27. The van der Waals surface area contributed by atoms with Crippen LogP contribution < -0.4 is 4.90 Å². The van der Waals surface area contributed by atoms with E-state index in [2.05, 4.69) is 0 Å². The minimum atomic E-state index is -0.121. The second kappa shape index (κ2) is 7.13. The molecule has 0 N–H and O–H groups in total. The third-order valence-corrected chi connectivity index (χ3v) is 5.46. The number of thiophene rings is 1. The van der Waals surface area contributed by atoms with Gasteiger partial charge in [-0.1, -0.05) is 23.2 Å². The zero-order valence-electron chi connectivity index (χ0n) is 13.1. The van der Waals surface area contributed by atoms with Gasteiger partial charge in [0.2, 0.25) is 5.91 Å². The number of halogens is 2. The largest absolute Gasteiger partial charge is 0.337 e. The summed E-state index contributed by atoms with van der Waals surface area (Å²) < 4.78 is 0.701. The topological polar surface area (TPSA) is 40.6 Å². The van der Waals surface area contributed by atoms with Crippen LogP contribution in [0.2, 0.25) is 9.36 Å². The minimum absolute atomic E-state index is 0.0445. The fourth-order valence-electron chi connectivity index (χ4n) is 2.72. The van der Waals surface area contributed by atoms with E-state index in [4.69, 9.17) is 23.2 Å². The Hall–Kier alpha value is -1.56. The van der Waals surface area contributed by atoms with Gasteiger partial charge < -0.3 is 9.80 Å². The molecule has 4 nitrogen and oxygen atoms in total. The predicted molar refractivity (Wildman–Crippen MR) is 98.2 cm³/mol. The standard InChI is InChI=1S/C17H16Cl2N2O2S/c1-20(10-12-5-7-15(19)24-12)17(23)11-4-6-13(18)14(9-11)21-8-2-3-16(21)22/h4-7,9H,2-3,8,10H2,1H3. The maximum absolute atomic E-state index is 12.7. The molecule has 0 unspecified atom stereocenters. The molecule has 1 aromatic carbocycles. The molecule has 24 heavy (non-hydrogen) atoms. The number of benzene rings is 1. The molecular formula is C17H16Cl2N2O2S. The van der Waals surface area contributed by atoms with Crippen molar-refractivity contribution >= 4 is 52.0 Å². The van der Waals surface area contributed by atoms with Crippen molar-refractivity contribution in [2.24, 2.45) is 0 Å². The first-order valence-electron chi connectivity index (χ1n) is 7.55. The monoisotopic (exact) mass is 382 g/mol. The number of carbonyl (C=O) groups is 2. The molecule has 0 atom stereocenters. The Morgan fingerprint density at radius 2 is 2.08 bits per heavy atom. The molecule has 1 aliphatic heterocycles. The van der Waals surface area contributed by atoms with Crippen molar-refractivity contribution in [1.29, 1.82) is 0 Å². The zero-order chi connectivity index (χ0) is 17.3. The van der Waals surface area contributed by atoms with Crippen molar-refractivity contribution in [3.63, 3.8) is 0 Å². The normalized spacial score (nSPS) is 14.3. The molecule has 0 saturated carbocycles. The van der Waals surface area contributed by atoms with Crippen LogP contribution in [0.15, 0.2) is 30.3 Å². The van der Waals surface area contributed by atoms with Gasteiger partial charge >= 0.3 is 0 Å². The van der Waals surface area contributed by atoms with Crippen LogP contribution >= 0.6 is 34.5 Å². The van der Waals surface area contributed by atoms with Crippen molar-refractivity contribution in [3.05, 3.63) is 50.1 Å². The lowest BCUT2D eigenvalue weighted by molar-refractivity contribution is -0.117. The molecule has 1 saturated heterocycles. The second-order valence-electron chi connectivity index (χ2n) is 5.68. The summed E-state index contributed by atoms with van der Waals surface area (Å²) in [5.41, 5.74) is 1.12. The van der Waals surface area contributed by atoms with Crippen LogP contribution in [0.3, 0.4) is 0 Å². The molecule has 2 amide bonds. The van der Waals surface area contributed by atoms with Crippen molar-refractivity contribution in [1.82, 2.24) is 4.90 Å². The summed E-state index contributed by atoms with van der Waals surface area (Å²) in [6, 6.07) is 8.79. The molecule has 1 aliphatic rings. The first-order valence-corrected chi connectivity index (χ1v) is 9.12. The third kappa shape index (κ3) is 3.58. The number of anilines is 1. The van der Waals surface area contributed by atoms with Crippen LogP contribution in [0.25, 0.3) is 0 Å². The summed E-state index contributed by atoms with van der Waals surface area (Å²) in [6.07, 6.45) is 1.33. The molecule has 1 fully saturated rings. The second-order valence-corrected chi connectivity index (χ2v) is 7.89. The highest BCUT2D eigenvalue weighted by atomic mass is 35.5. The van der Waals surface area contributed by atoms with E-state index in [9.17, 15) is 9.59 Å². The third-order valence-electron chi connectivity index (χ3n) is 3.93. The predicted octanol–water partition coefficient (Wildman–Crippen LogP) is 4.45. The highest BCUT2D eigenvalue weighted by Crippen LogP contribution is 2.31. The van der Waals surface area contributed by atoms with E-state index in [1.54, 1.807) is 35.0 Å². The van der Waals surface area contributed by atoms with Gasteiger partial charge in [0.1, 0.15) is 0 Å². The molecule has 0 aliphatic carbocycles. The maximum Gasteiger partial charge on any atom is 0.253 e. The smallest absolute Gasteiger partial charge is 0.253 e. The Bertz CT molecular complexity index is 791. The van der Waals surface area contributed by atoms with Crippen molar-refractivity contribution < 1.29 is 9.59 Å². The summed E-state index contributed by atoms with van der Waals surface area (Å²) in [5, 5.41) is 0.481. The summed E-state index contributed by atoms with van der Waals surface area (Å²) in [4.78, 5) is 28.9. The Morgan fingerprint density at radius 1 is 1.29 bits per heavy atom. The highest BCUT2D eigenvalue weighted by Gasteiger charge is 2.25. The number of hydrogen-bond acceptors (Lipinski definition) is 3. The van der Waals surface area contributed by atoms with Crippen LogP contribution in [-0.4, -0.2) is 30.3 Å². The summed E-state index contributed by atoms with van der Waals surface area (Å²) in [6.45, 7) is 1.12. The van der Waals surface area contributed by atoms with Crippen molar-refractivity contribution in [2.75, 3.05) is 18.5 Å². The Labute approximate surface area is 154 Å². The van der Waals surface area contributed by atoms with E-state index < -0.39 is 0 Å². The number of amides is 2. The average molecular weight is 383 g/mol. The van der Waals surface area contributed by atoms with Crippen LogP contribution in [0.4, 0.5) is 5.69 Å². The van der Waals surface area contributed by atoms with Crippen molar-refractivity contribution in [3.8, 4) is 0 Å². The summed E-state index contributed by atoms with van der Waals surface area (Å²) >= 11 is 13.6. The molecular weight excluding hydrogens is 367 g/mol. The first-order chi connectivity index (χ1) is 11.5. The fraction of sp³-hybridized carbons (Fsp3) is 0.294. The number of nitrogens with zero attached hydrogens (tertiary/aromatic N) is 2. The Kier molecular flexibility index (Phi) is 5.13. The molecule has 1 aromatic heterocycles. The number of carbonyl (C=O) groups excluding carboxylic acids is 2. The van der Waals surface area contributed by atoms with Crippen molar-refractivity contribution in [2.45, 2.75) is 19.4 Å². The first kappa shape index (κ1) is 17.3. The maximum atomic E-state index is 12.7. The molecule has 0 spiro atoms.